The van der Waals surface area contributed by atoms with Crippen molar-refractivity contribution in [3.8, 4) is 0 Å². The summed E-state index contributed by atoms with van der Waals surface area (Å²) in [5, 5.41) is 0. The molecule has 0 unspecified atom stereocenters. The van der Waals surface area contributed by atoms with Crippen LogP contribution in [0.4, 0.5) is 0 Å². The van der Waals surface area contributed by atoms with Gasteiger partial charge in [0.2, 0.25) is 0 Å². The molecule has 0 radical (unpaired) electrons. The average molecular weight is 166 g/mol. The Labute approximate surface area is 75.9 Å². The summed E-state index contributed by atoms with van der Waals surface area (Å²) in [5.41, 5.74) is 0.0544. The molecule has 0 aromatic heterocycles. The molecule has 2 aliphatic carbocycles. The molecule has 2 bridgehead atoms. The monoisotopic (exact) mass is 166 g/mol. The second-order valence-corrected chi connectivity index (χ2v) is 5.20. The number of hydrogen-bond donors (Lipinski definition) is 0. The van der Waals surface area contributed by atoms with E-state index in [1.165, 1.54) is 6.42 Å². The zero-order chi connectivity index (χ0) is 9.85. The lowest BCUT2D eigenvalue weighted by molar-refractivity contribution is -0.109. The first-order chi connectivity index (χ1) is 5.88. The predicted octanol–water partition coefficient (Wildman–Crippen LogP) is 2.61. The van der Waals surface area contributed by atoms with Gasteiger partial charge in [-0.1, -0.05) is 0 Å². The molecule has 0 spiro atoms. The second-order valence-electron chi connectivity index (χ2n) is 5.20. The fourth-order valence-electron chi connectivity index (χ4n) is 3.32. The van der Waals surface area contributed by atoms with Gasteiger partial charge in [0.05, 0.1) is 0 Å². The topological polar surface area (TPSA) is 17.1 Å². The van der Waals surface area contributed by atoms with Crippen molar-refractivity contribution < 1.29 is 6.17 Å². The molecule has 2 aliphatic rings. The second kappa shape index (κ2) is 2.07. The maximum atomic E-state index is 11.3. The van der Waals surface area contributed by atoms with Crippen LogP contribution in [-0.4, -0.2) is 6.26 Å². The summed E-state index contributed by atoms with van der Waals surface area (Å²) in [5.74, 6) is 1.53. The number of carbonyl (C=O) groups is 1. The minimum Gasteiger partial charge on any atom is -0.247 e. The van der Waals surface area contributed by atoms with Gasteiger partial charge in [-0.3, -0.25) is 0 Å². The van der Waals surface area contributed by atoms with E-state index in [1.807, 2.05) is 0 Å². The Hall–Kier alpha value is -0.460. The van der Waals surface area contributed by atoms with Crippen LogP contribution in [-0.2, 0) is 4.79 Å². The highest BCUT2D eigenvalue weighted by atomic mass is 16.1. The standard InChI is InChI=1S/C11H17O/c1-10(2)8-4-5-11(3,6-8)9(10)7-12/h7-8H,4-6H2,1-3H3/q+1/t8-,11+/m1/s1/i7D. The van der Waals surface area contributed by atoms with E-state index in [4.69, 9.17) is 1.37 Å². The van der Waals surface area contributed by atoms with Gasteiger partial charge in [-0.05, 0) is 33.6 Å². The third-order valence-corrected chi connectivity index (χ3v) is 4.11. The van der Waals surface area contributed by atoms with Crippen molar-refractivity contribution in [2.45, 2.75) is 40.0 Å². The molecule has 0 saturated heterocycles. The number of hydrogen-bond acceptors (Lipinski definition) is 1. The minimum absolute atomic E-state index is 0.00810. The minimum atomic E-state index is -0.422. The van der Waals surface area contributed by atoms with Crippen LogP contribution in [0.25, 0.3) is 0 Å². The molecule has 0 heterocycles. The smallest absolute Gasteiger partial charge is 0.247 e. The first-order valence-corrected chi connectivity index (χ1v) is 4.77. The summed E-state index contributed by atoms with van der Waals surface area (Å²) >= 11 is 0. The van der Waals surface area contributed by atoms with Crippen molar-refractivity contribution in [2.75, 3.05) is 0 Å². The SMILES string of the molecule is [2H]C(=O)[C+]1C(C)(C)[C@@H]2CC[C@@]1(C)C2. The molecular weight excluding hydrogens is 148 g/mol. The zero-order valence-corrected chi connectivity index (χ0v) is 8.11. The Morgan fingerprint density at radius 1 is 1.58 bits per heavy atom. The molecular formula is C11H17O+. The van der Waals surface area contributed by atoms with Crippen LogP contribution >= 0.6 is 0 Å². The molecule has 2 saturated carbocycles. The van der Waals surface area contributed by atoms with E-state index in [0.717, 1.165) is 18.8 Å². The van der Waals surface area contributed by atoms with Gasteiger partial charge in [-0.2, -0.15) is 0 Å². The van der Waals surface area contributed by atoms with E-state index >= 15 is 0 Å². The van der Waals surface area contributed by atoms with Gasteiger partial charge in [0.1, 0.15) is 10.8 Å². The number of fused-ring (bicyclic) bond motifs is 2. The van der Waals surface area contributed by atoms with Crippen LogP contribution in [0, 0.1) is 22.7 Å². The van der Waals surface area contributed by atoms with Crippen molar-refractivity contribution in [3.05, 3.63) is 5.92 Å². The van der Waals surface area contributed by atoms with Crippen LogP contribution in [0.5, 0.6) is 0 Å². The van der Waals surface area contributed by atoms with Gasteiger partial charge in [0.15, 0.2) is 7.29 Å². The summed E-state index contributed by atoms with van der Waals surface area (Å²) in [4.78, 5) is 11.3. The van der Waals surface area contributed by atoms with Gasteiger partial charge in [0, 0.05) is 12.3 Å². The summed E-state index contributed by atoms with van der Waals surface area (Å²) in [7, 11) is 0. The third kappa shape index (κ3) is 0.746. The highest BCUT2D eigenvalue weighted by molar-refractivity contribution is 5.74. The molecule has 0 amide bonds. The van der Waals surface area contributed by atoms with Crippen LogP contribution in [0.15, 0.2) is 0 Å². The molecule has 2 atom stereocenters. The molecule has 2 rings (SSSR count). The highest BCUT2D eigenvalue weighted by Gasteiger charge is 2.68. The first kappa shape index (κ1) is 6.99. The number of carbonyl (C=O) groups excluding carboxylic acids is 1. The van der Waals surface area contributed by atoms with Gasteiger partial charge in [0.25, 0.3) is 6.26 Å². The van der Waals surface area contributed by atoms with E-state index < -0.39 is 6.26 Å². The van der Waals surface area contributed by atoms with Gasteiger partial charge >= 0.3 is 0 Å². The maximum Gasteiger partial charge on any atom is 0.298 e. The van der Waals surface area contributed by atoms with E-state index in [2.05, 4.69) is 20.8 Å². The molecule has 1 heteroatoms. The Morgan fingerprint density at radius 2 is 2.25 bits per heavy atom. The summed E-state index contributed by atoms with van der Waals surface area (Å²) in [6.45, 7) is 6.41. The lowest BCUT2D eigenvalue weighted by atomic mass is 9.65. The predicted molar refractivity (Wildman–Crippen MR) is 48.5 cm³/mol. The molecule has 0 aromatic rings. The average Bonchev–Trinajstić information content (AvgIpc) is 2.36. The van der Waals surface area contributed by atoms with E-state index in [-0.39, 0.29) is 10.8 Å². The fraction of sp³-hybridized carbons (Fsp3) is 0.818. The largest absolute Gasteiger partial charge is 0.298 e. The van der Waals surface area contributed by atoms with Crippen molar-refractivity contribution in [3.63, 3.8) is 0 Å². The van der Waals surface area contributed by atoms with E-state index in [1.54, 1.807) is 0 Å². The van der Waals surface area contributed by atoms with Crippen molar-refractivity contribution in [1.29, 1.82) is 0 Å². The fourth-order valence-corrected chi connectivity index (χ4v) is 3.32. The lowest BCUT2D eigenvalue weighted by Crippen LogP contribution is -2.34. The summed E-state index contributed by atoms with van der Waals surface area (Å²) < 4.78 is 7.33. The zero-order valence-electron chi connectivity index (χ0n) is 9.11. The number of aldehydes is 1. The summed E-state index contributed by atoms with van der Waals surface area (Å²) in [6, 6.07) is 0. The Morgan fingerprint density at radius 3 is 2.58 bits per heavy atom. The molecule has 66 valence electrons. The van der Waals surface area contributed by atoms with Crippen molar-refractivity contribution in [1.82, 2.24) is 0 Å². The molecule has 0 N–H and O–H groups in total. The van der Waals surface area contributed by atoms with Crippen molar-refractivity contribution in [2.24, 2.45) is 16.7 Å². The van der Waals surface area contributed by atoms with Gasteiger partial charge in [-0.25, -0.2) is 4.79 Å². The molecule has 1 nitrogen and oxygen atoms in total. The van der Waals surface area contributed by atoms with Crippen LogP contribution < -0.4 is 0 Å². The molecule has 2 fully saturated rings. The van der Waals surface area contributed by atoms with Gasteiger partial charge < -0.3 is 0 Å². The quantitative estimate of drug-likeness (QED) is 0.432. The Balaban J connectivity index is 2.39. The van der Waals surface area contributed by atoms with E-state index in [9.17, 15) is 4.79 Å². The van der Waals surface area contributed by atoms with Crippen LogP contribution in [0.3, 0.4) is 0 Å². The third-order valence-electron chi connectivity index (χ3n) is 4.11. The van der Waals surface area contributed by atoms with Crippen LogP contribution in [0.1, 0.15) is 41.4 Å². The molecule has 0 aliphatic heterocycles. The maximum absolute atomic E-state index is 11.3. The lowest BCUT2D eigenvalue weighted by Gasteiger charge is -2.28. The summed E-state index contributed by atoms with van der Waals surface area (Å²) in [6.07, 6.45) is 3.05. The van der Waals surface area contributed by atoms with Gasteiger partial charge in [-0.15, -0.1) is 0 Å². The van der Waals surface area contributed by atoms with Crippen LogP contribution in [0.2, 0.25) is 0 Å². The highest BCUT2D eigenvalue weighted by Crippen LogP contribution is 2.66. The normalized spacial score (nSPS) is 44.8. The number of rotatable bonds is 1. The Kier molecular flexibility index (Phi) is 1.20. The Bertz CT molecular complexity index is 254. The first-order valence-electron chi connectivity index (χ1n) is 5.27. The molecule has 12 heavy (non-hydrogen) atoms. The van der Waals surface area contributed by atoms with Crippen molar-refractivity contribution >= 4 is 6.26 Å². The molecule has 0 aromatic carbocycles. The van der Waals surface area contributed by atoms with E-state index in [0.29, 0.717) is 5.92 Å².